The second-order valence-electron chi connectivity index (χ2n) is 7.04. The van der Waals surface area contributed by atoms with Gasteiger partial charge >= 0.3 is 0 Å². The van der Waals surface area contributed by atoms with Crippen LogP contribution in [0.25, 0.3) is 11.5 Å². The molecule has 1 amide bonds. The maximum Gasteiger partial charge on any atom is 0.258 e. The monoisotopic (exact) mass is 409 g/mol. The van der Waals surface area contributed by atoms with Crippen molar-refractivity contribution in [2.45, 2.75) is 18.9 Å². The van der Waals surface area contributed by atoms with Crippen LogP contribution in [0.1, 0.15) is 23.7 Å². The van der Waals surface area contributed by atoms with E-state index in [-0.39, 0.29) is 11.8 Å². The number of carbonyl (C=O) groups is 1. The number of methoxy groups -OCH3 is 3. The maximum absolute atomic E-state index is 12.6. The van der Waals surface area contributed by atoms with Crippen molar-refractivity contribution in [1.29, 1.82) is 0 Å². The zero-order valence-corrected chi connectivity index (χ0v) is 17.1. The van der Waals surface area contributed by atoms with E-state index in [1.54, 1.807) is 26.2 Å². The van der Waals surface area contributed by atoms with Gasteiger partial charge in [-0.1, -0.05) is 11.2 Å². The molecule has 0 spiro atoms. The van der Waals surface area contributed by atoms with Crippen molar-refractivity contribution in [3.05, 3.63) is 53.9 Å². The fourth-order valence-electron chi connectivity index (χ4n) is 3.58. The first-order valence-electron chi connectivity index (χ1n) is 9.58. The Morgan fingerprint density at radius 3 is 2.63 bits per heavy atom. The second-order valence-corrected chi connectivity index (χ2v) is 7.04. The molecule has 2 aromatic carbocycles. The normalized spacial score (nSPS) is 16.0. The lowest BCUT2D eigenvalue weighted by atomic mass is 10.1. The van der Waals surface area contributed by atoms with E-state index in [1.165, 1.54) is 0 Å². The SMILES string of the molecule is COc1cccc(-c2nc(C3CC(=O)N(Cc4cc(OC)ccc4OC)C3)no2)c1. The fourth-order valence-corrected chi connectivity index (χ4v) is 3.58. The highest BCUT2D eigenvalue weighted by Crippen LogP contribution is 2.32. The minimum atomic E-state index is -0.128. The van der Waals surface area contributed by atoms with E-state index in [2.05, 4.69) is 10.1 Å². The third-order valence-electron chi connectivity index (χ3n) is 5.19. The smallest absolute Gasteiger partial charge is 0.258 e. The van der Waals surface area contributed by atoms with Crippen molar-refractivity contribution >= 4 is 5.91 Å². The fraction of sp³-hybridized carbons (Fsp3) is 0.318. The highest BCUT2D eigenvalue weighted by molar-refractivity contribution is 5.79. The molecular weight excluding hydrogens is 386 g/mol. The molecule has 3 aromatic rings. The lowest BCUT2D eigenvalue weighted by molar-refractivity contribution is -0.128. The number of ether oxygens (including phenoxy) is 3. The summed E-state index contributed by atoms with van der Waals surface area (Å²) < 4.78 is 21.4. The Balaban J connectivity index is 1.50. The van der Waals surface area contributed by atoms with Gasteiger partial charge in [0, 0.05) is 36.6 Å². The Bertz CT molecular complexity index is 1050. The molecular formula is C22H23N3O5. The Morgan fingerprint density at radius 2 is 1.87 bits per heavy atom. The quantitative estimate of drug-likeness (QED) is 0.592. The Morgan fingerprint density at radius 1 is 1.07 bits per heavy atom. The van der Waals surface area contributed by atoms with Crippen molar-refractivity contribution in [3.63, 3.8) is 0 Å². The number of rotatable bonds is 7. The number of carbonyl (C=O) groups excluding carboxylic acids is 1. The van der Waals surface area contributed by atoms with Crippen LogP contribution in [0.2, 0.25) is 0 Å². The van der Waals surface area contributed by atoms with Crippen LogP contribution >= 0.6 is 0 Å². The molecule has 0 bridgehead atoms. The van der Waals surface area contributed by atoms with Gasteiger partial charge in [-0.05, 0) is 36.4 Å². The van der Waals surface area contributed by atoms with Gasteiger partial charge in [0.1, 0.15) is 17.2 Å². The molecule has 8 nitrogen and oxygen atoms in total. The predicted octanol–water partition coefficient (Wildman–Crippen LogP) is 3.28. The molecule has 1 aromatic heterocycles. The zero-order chi connectivity index (χ0) is 21.1. The molecule has 156 valence electrons. The van der Waals surface area contributed by atoms with Crippen LogP contribution in [0, 0.1) is 0 Å². The average molecular weight is 409 g/mol. The van der Waals surface area contributed by atoms with Gasteiger partial charge in [-0.2, -0.15) is 4.98 Å². The molecule has 1 aliphatic heterocycles. The molecule has 0 saturated carbocycles. The van der Waals surface area contributed by atoms with Crippen LogP contribution in [-0.2, 0) is 11.3 Å². The molecule has 1 unspecified atom stereocenters. The van der Waals surface area contributed by atoms with Gasteiger partial charge in [-0.25, -0.2) is 0 Å². The number of benzene rings is 2. The van der Waals surface area contributed by atoms with Crippen LogP contribution in [0.3, 0.4) is 0 Å². The number of hydrogen-bond acceptors (Lipinski definition) is 7. The molecule has 8 heteroatoms. The molecule has 30 heavy (non-hydrogen) atoms. The minimum Gasteiger partial charge on any atom is -0.497 e. The minimum absolute atomic E-state index is 0.0394. The first kappa shape index (κ1) is 19.8. The van der Waals surface area contributed by atoms with E-state index in [1.807, 2.05) is 42.5 Å². The van der Waals surface area contributed by atoms with Gasteiger partial charge in [0.25, 0.3) is 5.89 Å². The van der Waals surface area contributed by atoms with E-state index in [0.29, 0.717) is 42.7 Å². The molecule has 4 rings (SSSR count). The molecule has 1 saturated heterocycles. The van der Waals surface area contributed by atoms with Crippen LogP contribution < -0.4 is 14.2 Å². The number of likely N-dealkylation sites (tertiary alicyclic amines) is 1. The highest BCUT2D eigenvalue weighted by Gasteiger charge is 2.34. The van der Waals surface area contributed by atoms with E-state index in [4.69, 9.17) is 18.7 Å². The first-order valence-corrected chi connectivity index (χ1v) is 9.58. The molecule has 1 fully saturated rings. The van der Waals surface area contributed by atoms with E-state index in [9.17, 15) is 4.79 Å². The third-order valence-corrected chi connectivity index (χ3v) is 5.19. The van der Waals surface area contributed by atoms with E-state index < -0.39 is 0 Å². The second kappa shape index (κ2) is 8.44. The summed E-state index contributed by atoms with van der Waals surface area (Å²) in [4.78, 5) is 18.9. The molecule has 0 N–H and O–H groups in total. The summed E-state index contributed by atoms with van der Waals surface area (Å²) in [6.07, 6.45) is 0.337. The van der Waals surface area contributed by atoms with E-state index in [0.717, 1.165) is 16.9 Å². The Hall–Kier alpha value is -3.55. The molecule has 0 radical (unpaired) electrons. The molecule has 1 aliphatic rings. The number of hydrogen-bond donors (Lipinski definition) is 0. The van der Waals surface area contributed by atoms with Crippen LogP contribution in [0.5, 0.6) is 17.2 Å². The van der Waals surface area contributed by atoms with Crippen LogP contribution in [-0.4, -0.2) is 48.8 Å². The summed E-state index contributed by atoms with van der Waals surface area (Å²) in [6, 6.07) is 13.0. The largest absolute Gasteiger partial charge is 0.497 e. The van der Waals surface area contributed by atoms with Crippen LogP contribution in [0.4, 0.5) is 0 Å². The lowest BCUT2D eigenvalue weighted by Gasteiger charge is -2.18. The zero-order valence-electron chi connectivity index (χ0n) is 17.1. The summed E-state index contributed by atoms with van der Waals surface area (Å²) in [7, 11) is 4.83. The average Bonchev–Trinajstić information content (AvgIpc) is 3.41. The maximum atomic E-state index is 12.6. The topological polar surface area (TPSA) is 86.9 Å². The summed E-state index contributed by atoms with van der Waals surface area (Å²) in [5.74, 6) is 2.99. The molecule has 0 aliphatic carbocycles. The van der Waals surface area contributed by atoms with Crippen molar-refractivity contribution in [2.75, 3.05) is 27.9 Å². The first-order chi connectivity index (χ1) is 14.6. The van der Waals surface area contributed by atoms with Gasteiger partial charge in [0.15, 0.2) is 5.82 Å². The van der Waals surface area contributed by atoms with Crippen molar-refractivity contribution in [3.8, 4) is 28.7 Å². The highest BCUT2D eigenvalue weighted by atomic mass is 16.5. The summed E-state index contributed by atoms with van der Waals surface area (Å²) in [5, 5.41) is 4.12. The van der Waals surface area contributed by atoms with Gasteiger partial charge < -0.3 is 23.6 Å². The van der Waals surface area contributed by atoms with Crippen molar-refractivity contribution in [2.24, 2.45) is 0 Å². The number of amides is 1. The van der Waals surface area contributed by atoms with Crippen molar-refractivity contribution in [1.82, 2.24) is 15.0 Å². The van der Waals surface area contributed by atoms with Gasteiger partial charge in [0.05, 0.1) is 21.3 Å². The summed E-state index contributed by atoms with van der Waals surface area (Å²) in [5.41, 5.74) is 1.66. The third kappa shape index (κ3) is 3.94. The Labute approximate surface area is 174 Å². The summed E-state index contributed by atoms with van der Waals surface area (Å²) >= 11 is 0. The standard InChI is InChI=1S/C22H23N3O5/c1-27-17-6-4-5-14(9-17)22-23-21(24-30-22)16-11-20(26)25(13-16)12-15-10-18(28-2)7-8-19(15)29-3/h4-10,16H,11-13H2,1-3H3. The van der Waals surface area contributed by atoms with Gasteiger partial charge in [-0.15, -0.1) is 0 Å². The lowest BCUT2D eigenvalue weighted by Crippen LogP contribution is -2.24. The Kier molecular flexibility index (Phi) is 5.56. The van der Waals surface area contributed by atoms with Gasteiger partial charge in [0.2, 0.25) is 5.91 Å². The number of aromatic nitrogens is 2. The van der Waals surface area contributed by atoms with Crippen LogP contribution in [0.15, 0.2) is 47.0 Å². The molecule has 2 heterocycles. The predicted molar refractivity (Wildman–Crippen MR) is 109 cm³/mol. The molecule has 1 atom stereocenters. The number of nitrogens with zero attached hydrogens (tertiary/aromatic N) is 3. The summed E-state index contributed by atoms with van der Waals surface area (Å²) in [6.45, 7) is 0.937. The van der Waals surface area contributed by atoms with Gasteiger partial charge in [-0.3, -0.25) is 4.79 Å². The van der Waals surface area contributed by atoms with Crippen molar-refractivity contribution < 1.29 is 23.5 Å². The van der Waals surface area contributed by atoms with E-state index >= 15 is 0 Å².